The molecule has 0 amide bonds. The van der Waals surface area contributed by atoms with Gasteiger partial charge < -0.3 is 5.32 Å². The number of nitrogens with one attached hydrogen (secondary N) is 1. The summed E-state index contributed by atoms with van der Waals surface area (Å²) < 4.78 is 3.07. The molecule has 0 aliphatic heterocycles. The van der Waals surface area contributed by atoms with Crippen LogP contribution in [0.1, 0.15) is 18.1 Å². The number of nitrogens with zero attached hydrogens (tertiary/aromatic N) is 2. The molecule has 1 atom stereocenters. The highest BCUT2D eigenvalue weighted by Crippen LogP contribution is 2.21. The molecule has 2 rings (SSSR count). The minimum Gasteiger partial charge on any atom is -0.317 e. The Morgan fingerprint density at radius 2 is 2.10 bits per heavy atom. The van der Waals surface area contributed by atoms with Crippen LogP contribution in [0, 0.1) is 5.92 Å². The molecular formula is C16H22BrN3. The Balaban J connectivity index is 2.05. The molecule has 0 fully saturated rings. The van der Waals surface area contributed by atoms with E-state index in [1.165, 1.54) is 15.6 Å². The summed E-state index contributed by atoms with van der Waals surface area (Å²) in [5.74, 6) is 0.581. The fraction of sp³-hybridized carbons (Fsp3) is 0.438. The largest absolute Gasteiger partial charge is 0.317 e. The number of aromatic nitrogens is 2. The topological polar surface area (TPSA) is 29.9 Å². The average molecular weight is 336 g/mol. The van der Waals surface area contributed by atoms with Crippen molar-refractivity contribution in [2.75, 3.05) is 13.1 Å². The van der Waals surface area contributed by atoms with E-state index in [4.69, 9.17) is 0 Å². The van der Waals surface area contributed by atoms with Crippen molar-refractivity contribution in [1.29, 1.82) is 0 Å². The first kappa shape index (κ1) is 15.3. The lowest BCUT2D eigenvalue weighted by Gasteiger charge is -2.17. The Hall–Kier alpha value is -1.13. The summed E-state index contributed by atoms with van der Waals surface area (Å²) >= 11 is 3.65. The second-order valence-corrected chi connectivity index (χ2v) is 6.05. The van der Waals surface area contributed by atoms with Crippen LogP contribution in [0.3, 0.4) is 0 Å². The van der Waals surface area contributed by atoms with Crippen molar-refractivity contribution >= 4 is 15.9 Å². The van der Waals surface area contributed by atoms with Gasteiger partial charge in [0.2, 0.25) is 0 Å². The van der Waals surface area contributed by atoms with Gasteiger partial charge in [0.1, 0.15) is 0 Å². The Bertz CT molecular complexity index is 536. The van der Waals surface area contributed by atoms with Crippen LogP contribution in [0.25, 0.3) is 0 Å². The van der Waals surface area contributed by atoms with Crippen molar-refractivity contribution in [1.82, 2.24) is 15.1 Å². The lowest BCUT2D eigenvalue weighted by atomic mass is 9.93. The number of hydrogen-bond acceptors (Lipinski definition) is 2. The summed E-state index contributed by atoms with van der Waals surface area (Å²) in [6.45, 7) is 4.20. The van der Waals surface area contributed by atoms with E-state index in [0.29, 0.717) is 5.92 Å². The lowest BCUT2D eigenvalue weighted by molar-refractivity contribution is 0.477. The lowest BCUT2D eigenvalue weighted by Crippen LogP contribution is -2.25. The maximum absolute atomic E-state index is 4.26. The molecule has 0 saturated carbocycles. The molecule has 0 aliphatic rings. The quantitative estimate of drug-likeness (QED) is 0.842. The molecular weight excluding hydrogens is 314 g/mol. The first-order valence-electron chi connectivity index (χ1n) is 7.10. The maximum atomic E-state index is 4.26. The van der Waals surface area contributed by atoms with Crippen LogP contribution < -0.4 is 5.32 Å². The Morgan fingerprint density at radius 1 is 1.30 bits per heavy atom. The van der Waals surface area contributed by atoms with Crippen molar-refractivity contribution < 1.29 is 0 Å². The summed E-state index contributed by atoms with van der Waals surface area (Å²) in [4.78, 5) is 0. The highest BCUT2D eigenvalue weighted by Gasteiger charge is 2.13. The molecule has 108 valence electrons. The summed E-state index contributed by atoms with van der Waals surface area (Å²) in [6, 6.07) is 8.48. The molecule has 20 heavy (non-hydrogen) atoms. The van der Waals surface area contributed by atoms with Crippen molar-refractivity contribution in [2.24, 2.45) is 13.0 Å². The number of benzene rings is 1. The van der Waals surface area contributed by atoms with E-state index < -0.39 is 0 Å². The van der Waals surface area contributed by atoms with E-state index in [1.54, 1.807) is 0 Å². The van der Waals surface area contributed by atoms with Gasteiger partial charge in [-0.2, -0.15) is 5.10 Å². The normalized spacial score (nSPS) is 12.6. The fourth-order valence-electron chi connectivity index (χ4n) is 2.45. The van der Waals surface area contributed by atoms with Crippen molar-refractivity contribution in [2.45, 2.75) is 19.8 Å². The van der Waals surface area contributed by atoms with Crippen LogP contribution in [0.2, 0.25) is 0 Å². The van der Waals surface area contributed by atoms with Crippen LogP contribution in [0.5, 0.6) is 0 Å². The molecule has 1 unspecified atom stereocenters. The molecule has 1 heterocycles. The van der Waals surface area contributed by atoms with Gasteiger partial charge in [0, 0.05) is 17.7 Å². The summed E-state index contributed by atoms with van der Waals surface area (Å²) in [5.41, 5.74) is 2.68. The third-order valence-corrected chi connectivity index (χ3v) is 4.21. The molecule has 2 aromatic rings. The Kier molecular flexibility index (Phi) is 5.80. The van der Waals surface area contributed by atoms with Gasteiger partial charge in [-0.05, 0) is 49.0 Å². The van der Waals surface area contributed by atoms with Gasteiger partial charge in [-0.1, -0.05) is 41.1 Å². The maximum Gasteiger partial charge on any atom is 0.0521 e. The van der Waals surface area contributed by atoms with Crippen LogP contribution in [-0.2, 0) is 19.9 Å². The van der Waals surface area contributed by atoms with E-state index in [9.17, 15) is 0 Å². The predicted octanol–water partition coefficient (Wildman–Crippen LogP) is 3.19. The van der Waals surface area contributed by atoms with E-state index in [1.807, 2.05) is 17.9 Å². The van der Waals surface area contributed by atoms with Crippen molar-refractivity contribution in [3.05, 3.63) is 52.3 Å². The molecule has 1 aromatic carbocycles. The van der Waals surface area contributed by atoms with Crippen molar-refractivity contribution in [3.63, 3.8) is 0 Å². The number of halogens is 1. The van der Waals surface area contributed by atoms with Crippen LogP contribution in [-0.4, -0.2) is 22.9 Å². The zero-order chi connectivity index (χ0) is 14.4. The summed E-state index contributed by atoms with van der Waals surface area (Å²) in [5, 5.41) is 7.73. The van der Waals surface area contributed by atoms with Gasteiger partial charge in [0.05, 0.1) is 6.20 Å². The second kappa shape index (κ2) is 7.60. The Labute approximate surface area is 129 Å². The molecule has 1 N–H and O–H groups in total. The molecule has 0 saturated heterocycles. The van der Waals surface area contributed by atoms with Gasteiger partial charge in [0.15, 0.2) is 0 Å². The molecule has 4 heteroatoms. The van der Waals surface area contributed by atoms with Crippen LogP contribution in [0.4, 0.5) is 0 Å². The SMILES string of the molecule is CCNCC(Cc1cnn(C)c1)Cc1ccccc1Br. The molecule has 0 radical (unpaired) electrons. The molecule has 0 aliphatic carbocycles. The first-order chi connectivity index (χ1) is 9.69. The van der Waals surface area contributed by atoms with Gasteiger partial charge in [-0.15, -0.1) is 0 Å². The monoisotopic (exact) mass is 335 g/mol. The zero-order valence-corrected chi connectivity index (χ0v) is 13.7. The highest BCUT2D eigenvalue weighted by atomic mass is 79.9. The van der Waals surface area contributed by atoms with Gasteiger partial charge in [-0.25, -0.2) is 0 Å². The third-order valence-electron chi connectivity index (χ3n) is 3.43. The number of rotatable bonds is 7. The van der Waals surface area contributed by atoms with E-state index >= 15 is 0 Å². The zero-order valence-electron chi connectivity index (χ0n) is 12.1. The number of aryl methyl sites for hydroxylation is 1. The third kappa shape index (κ3) is 4.46. The Morgan fingerprint density at radius 3 is 2.75 bits per heavy atom. The highest BCUT2D eigenvalue weighted by molar-refractivity contribution is 9.10. The molecule has 1 aromatic heterocycles. The van der Waals surface area contributed by atoms with Crippen LogP contribution >= 0.6 is 15.9 Å². The fourth-order valence-corrected chi connectivity index (χ4v) is 2.90. The molecule has 0 bridgehead atoms. The minimum atomic E-state index is 0.581. The van der Waals surface area contributed by atoms with E-state index in [0.717, 1.165) is 25.9 Å². The summed E-state index contributed by atoms with van der Waals surface area (Å²) in [6.07, 6.45) is 6.21. The molecule has 3 nitrogen and oxygen atoms in total. The standard InChI is InChI=1S/C16H22BrN3/c1-3-18-10-13(8-14-11-19-20(2)12-14)9-15-6-4-5-7-16(15)17/h4-7,11-13,18H,3,8-10H2,1-2H3. The summed E-state index contributed by atoms with van der Waals surface area (Å²) in [7, 11) is 1.97. The second-order valence-electron chi connectivity index (χ2n) is 5.20. The van der Waals surface area contributed by atoms with E-state index in [-0.39, 0.29) is 0 Å². The van der Waals surface area contributed by atoms with Gasteiger partial charge in [-0.3, -0.25) is 4.68 Å². The molecule has 0 spiro atoms. The minimum absolute atomic E-state index is 0.581. The van der Waals surface area contributed by atoms with Crippen molar-refractivity contribution in [3.8, 4) is 0 Å². The number of hydrogen-bond donors (Lipinski definition) is 1. The smallest absolute Gasteiger partial charge is 0.0521 e. The van der Waals surface area contributed by atoms with Crippen LogP contribution in [0.15, 0.2) is 41.1 Å². The average Bonchev–Trinajstić information content (AvgIpc) is 2.84. The first-order valence-corrected chi connectivity index (χ1v) is 7.90. The van der Waals surface area contributed by atoms with E-state index in [2.05, 4.69) is 63.7 Å². The predicted molar refractivity (Wildman–Crippen MR) is 86.8 cm³/mol. The van der Waals surface area contributed by atoms with Gasteiger partial charge >= 0.3 is 0 Å². The van der Waals surface area contributed by atoms with Gasteiger partial charge in [0.25, 0.3) is 0 Å².